The molecule has 3 aromatic rings. The molecule has 1 aromatic heterocycles. The largest absolute Gasteiger partial charge is 0.421 e. The summed E-state index contributed by atoms with van der Waals surface area (Å²) in [5, 5.41) is 8.08. The molecule has 8 nitrogen and oxygen atoms in total. The molecule has 0 bridgehead atoms. The molecule has 0 atom stereocenters. The Balaban J connectivity index is 1.34. The minimum Gasteiger partial charge on any atom is -0.421 e. The van der Waals surface area contributed by atoms with Crippen LogP contribution in [0.15, 0.2) is 51.8 Å². The topological polar surface area (TPSA) is 96.6 Å². The van der Waals surface area contributed by atoms with Gasteiger partial charge in [-0.25, -0.2) is 8.42 Å². The van der Waals surface area contributed by atoms with Crippen LogP contribution in [-0.2, 0) is 21.2 Å². The average Bonchev–Trinajstić information content (AvgIpc) is 3.26. The number of sulfonamides is 1. The highest BCUT2D eigenvalue weighted by Crippen LogP contribution is 2.26. The number of aromatic nitrogens is 2. The maximum atomic E-state index is 13.2. The molecule has 0 saturated carbocycles. The van der Waals surface area contributed by atoms with E-state index in [2.05, 4.69) is 10.2 Å². The van der Waals surface area contributed by atoms with Crippen LogP contribution in [0.5, 0.6) is 0 Å². The first-order chi connectivity index (χ1) is 15.8. The summed E-state index contributed by atoms with van der Waals surface area (Å²) in [5.74, 6) is 0.793. The van der Waals surface area contributed by atoms with Crippen LogP contribution in [0.25, 0.3) is 11.5 Å². The fraction of sp³-hybridized carbons (Fsp3) is 0.375. The Morgan fingerprint density at radius 3 is 2.24 bits per heavy atom. The summed E-state index contributed by atoms with van der Waals surface area (Å²) in [7, 11) is -3.61. The summed E-state index contributed by atoms with van der Waals surface area (Å²) in [6.45, 7) is 6.89. The second kappa shape index (κ2) is 9.44. The van der Waals surface area contributed by atoms with Gasteiger partial charge in [-0.15, -0.1) is 10.2 Å². The predicted molar refractivity (Wildman–Crippen MR) is 124 cm³/mol. The molecular formula is C24H28N4O4S. The van der Waals surface area contributed by atoms with Gasteiger partial charge in [-0.05, 0) is 44.0 Å². The van der Waals surface area contributed by atoms with Gasteiger partial charge >= 0.3 is 0 Å². The van der Waals surface area contributed by atoms with E-state index in [-0.39, 0.29) is 25.4 Å². The number of benzene rings is 2. The van der Waals surface area contributed by atoms with Crippen molar-refractivity contribution >= 4 is 15.9 Å². The number of carbonyl (C=O) groups excluding carboxylic acids is 1. The average molecular weight is 469 g/mol. The number of amides is 1. The van der Waals surface area contributed by atoms with Gasteiger partial charge in [-0.1, -0.05) is 35.9 Å². The highest BCUT2D eigenvalue weighted by molar-refractivity contribution is 7.89. The first-order valence-corrected chi connectivity index (χ1v) is 12.4. The number of carbonyl (C=O) groups is 1. The van der Waals surface area contributed by atoms with Gasteiger partial charge in [0.25, 0.3) is 0 Å². The third kappa shape index (κ3) is 4.99. The van der Waals surface area contributed by atoms with Crippen LogP contribution in [0.2, 0.25) is 0 Å². The second-order valence-corrected chi connectivity index (χ2v) is 10.3. The molecule has 4 rings (SSSR count). The first-order valence-electron chi connectivity index (χ1n) is 11.0. The quantitative estimate of drug-likeness (QED) is 0.551. The summed E-state index contributed by atoms with van der Waals surface area (Å²) in [6.07, 6.45) is 0.582. The fourth-order valence-corrected chi connectivity index (χ4v) is 6.14. The van der Waals surface area contributed by atoms with Crippen LogP contribution >= 0.6 is 0 Å². The molecule has 0 aliphatic carbocycles. The molecule has 9 heteroatoms. The molecule has 1 amide bonds. The molecule has 0 N–H and O–H groups in total. The SMILES string of the molecule is Cc1cc(C)c(S(=O)(=O)N2CCN(C(=O)CCc3nnc(-c4ccccc4)o3)CC2)c(C)c1. The minimum absolute atomic E-state index is 0.0470. The highest BCUT2D eigenvalue weighted by Gasteiger charge is 2.32. The Morgan fingerprint density at radius 2 is 1.61 bits per heavy atom. The Labute approximate surface area is 194 Å². The number of piperazine rings is 1. The van der Waals surface area contributed by atoms with E-state index >= 15 is 0 Å². The lowest BCUT2D eigenvalue weighted by molar-refractivity contribution is -0.132. The normalized spacial score (nSPS) is 15.1. The van der Waals surface area contributed by atoms with Crippen molar-refractivity contribution < 1.29 is 17.6 Å². The van der Waals surface area contributed by atoms with E-state index in [1.165, 1.54) is 4.31 Å². The van der Waals surface area contributed by atoms with Crippen molar-refractivity contribution in [1.29, 1.82) is 0 Å². The summed E-state index contributed by atoms with van der Waals surface area (Å²) >= 11 is 0. The van der Waals surface area contributed by atoms with Crippen molar-refractivity contribution in [2.75, 3.05) is 26.2 Å². The highest BCUT2D eigenvalue weighted by atomic mass is 32.2. The monoisotopic (exact) mass is 468 g/mol. The number of rotatable bonds is 6. The van der Waals surface area contributed by atoms with Crippen LogP contribution < -0.4 is 0 Å². The van der Waals surface area contributed by atoms with E-state index in [1.54, 1.807) is 4.90 Å². The molecule has 0 unspecified atom stereocenters. The minimum atomic E-state index is -3.61. The summed E-state index contributed by atoms with van der Waals surface area (Å²) in [6, 6.07) is 13.2. The summed E-state index contributed by atoms with van der Waals surface area (Å²) in [5.41, 5.74) is 3.37. The molecule has 0 radical (unpaired) electrons. The molecule has 1 saturated heterocycles. The number of hydrogen-bond acceptors (Lipinski definition) is 6. The first kappa shape index (κ1) is 23.1. The maximum Gasteiger partial charge on any atom is 0.247 e. The van der Waals surface area contributed by atoms with Gasteiger partial charge in [0.1, 0.15) is 0 Å². The van der Waals surface area contributed by atoms with Crippen molar-refractivity contribution in [3.8, 4) is 11.5 Å². The number of aryl methyl sites for hydroxylation is 4. The maximum absolute atomic E-state index is 13.2. The zero-order valence-corrected chi connectivity index (χ0v) is 19.9. The number of nitrogens with zero attached hydrogens (tertiary/aromatic N) is 4. The third-order valence-corrected chi connectivity index (χ3v) is 8.04. The van der Waals surface area contributed by atoms with Crippen LogP contribution in [0, 0.1) is 20.8 Å². The molecule has 33 heavy (non-hydrogen) atoms. The van der Waals surface area contributed by atoms with Crippen molar-refractivity contribution in [2.45, 2.75) is 38.5 Å². The summed E-state index contributed by atoms with van der Waals surface area (Å²) < 4.78 is 33.6. The lowest BCUT2D eigenvalue weighted by atomic mass is 10.1. The zero-order chi connectivity index (χ0) is 23.6. The molecule has 1 fully saturated rings. The van der Waals surface area contributed by atoms with Crippen molar-refractivity contribution in [1.82, 2.24) is 19.4 Å². The van der Waals surface area contributed by atoms with Gasteiger partial charge in [-0.2, -0.15) is 4.31 Å². The van der Waals surface area contributed by atoms with Crippen LogP contribution in [-0.4, -0.2) is 59.9 Å². The standard InChI is InChI=1S/C24H28N4O4S/c1-17-15-18(2)23(19(3)16-17)33(30,31)28-13-11-27(12-14-28)22(29)10-9-21-25-26-24(32-21)20-7-5-4-6-8-20/h4-8,15-16H,9-14H2,1-3H3. The molecule has 1 aliphatic heterocycles. The second-order valence-electron chi connectivity index (χ2n) is 8.38. The molecule has 0 spiro atoms. The fourth-order valence-electron chi connectivity index (χ4n) is 4.30. The Bertz CT molecular complexity index is 1220. The third-order valence-electron chi connectivity index (χ3n) is 5.83. The van der Waals surface area contributed by atoms with E-state index < -0.39 is 10.0 Å². The van der Waals surface area contributed by atoms with E-state index in [9.17, 15) is 13.2 Å². The molecule has 2 aromatic carbocycles. The van der Waals surface area contributed by atoms with E-state index in [1.807, 2.05) is 63.2 Å². The van der Waals surface area contributed by atoms with Gasteiger partial charge in [0.05, 0.1) is 4.90 Å². The van der Waals surface area contributed by atoms with Gasteiger partial charge in [0.15, 0.2) is 0 Å². The van der Waals surface area contributed by atoms with Gasteiger partial charge in [-0.3, -0.25) is 4.79 Å². The molecule has 174 valence electrons. The zero-order valence-electron chi connectivity index (χ0n) is 19.1. The Hall–Kier alpha value is -3.04. The van der Waals surface area contributed by atoms with Gasteiger partial charge < -0.3 is 9.32 Å². The predicted octanol–water partition coefficient (Wildman–Crippen LogP) is 3.13. The summed E-state index contributed by atoms with van der Waals surface area (Å²) in [4.78, 5) is 14.8. The smallest absolute Gasteiger partial charge is 0.247 e. The van der Waals surface area contributed by atoms with E-state index in [4.69, 9.17) is 4.42 Å². The number of hydrogen-bond donors (Lipinski definition) is 0. The van der Waals surface area contributed by atoms with E-state index in [0.717, 1.165) is 22.3 Å². The Morgan fingerprint density at radius 1 is 0.970 bits per heavy atom. The van der Waals surface area contributed by atoms with Gasteiger partial charge in [0, 0.05) is 44.6 Å². The van der Waals surface area contributed by atoms with Crippen molar-refractivity contribution in [3.05, 3.63) is 65.0 Å². The van der Waals surface area contributed by atoms with Crippen molar-refractivity contribution in [3.63, 3.8) is 0 Å². The van der Waals surface area contributed by atoms with E-state index in [0.29, 0.717) is 36.2 Å². The molecular weight excluding hydrogens is 440 g/mol. The van der Waals surface area contributed by atoms with Crippen LogP contribution in [0.4, 0.5) is 0 Å². The Kier molecular flexibility index (Phi) is 6.62. The van der Waals surface area contributed by atoms with Crippen LogP contribution in [0.3, 0.4) is 0 Å². The van der Waals surface area contributed by atoms with Crippen LogP contribution in [0.1, 0.15) is 29.0 Å². The lowest BCUT2D eigenvalue weighted by Gasteiger charge is -2.34. The van der Waals surface area contributed by atoms with Crippen molar-refractivity contribution in [2.24, 2.45) is 0 Å². The molecule has 1 aliphatic rings. The molecule has 2 heterocycles. The lowest BCUT2D eigenvalue weighted by Crippen LogP contribution is -2.50. The van der Waals surface area contributed by atoms with Gasteiger partial charge in [0.2, 0.25) is 27.7 Å².